The third-order valence-corrected chi connectivity index (χ3v) is 3.74. The fraction of sp³-hybridized carbons (Fsp3) is 0.600. The Labute approximate surface area is 114 Å². The molecule has 1 saturated heterocycles. The molecule has 2 unspecified atom stereocenters. The highest BCUT2D eigenvalue weighted by atomic mass is 19.1. The minimum atomic E-state index is -0.601. The van der Waals surface area contributed by atoms with Crippen molar-refractivity contribution in [3.63, 3.8) is 0 Å². The fourth-order valence-corrected chi connectivity index (χ4v) is 2.53. The van der Waals surface area contributed by atoms with Gasteiger partial charge in [-0.05, 0) is 30.5 Å². The van der Waals surface area contributed by atoms with Gasteiger partial charge in [0.2, 0.25) is 0 Å². The van der Waals surface area contributed by atoms with E-state index >= 15 is 0 Å². The van der Waals surface area contributed by atoms with Crippen molar-refractivity contribution in [1.82, 2.24) is 4.90 Å². The van der Waals surface area contributed by atoms with Crippen LogP contribution in [0.15, 0.2) is 24.3 Å². The maximum atomic E-state index is 13.1. The van der Waals surface area contributed by atoms with E-state index in [4.69, 9.17) is 4.74 Å². The average Bonchev–Trinajstić information content (AvgIpc) is 2.45. The first-order valence-electron chi connectivity index (χ1n) is 6.96. The molecule has 0 aliphatic carbocycles. The first-order valence-corrected chi connectivity index (χ1v) is 6.96. The molecule has 1 aliphatic rings. The summed E-state index contributed by atoms with van der Waals surface area (Å²) in [5, 5.41) is 10.1. The van der Waals surface area contributed by atoms with Crippen molar-refractivity contribution in [3.05, 3.63) is 35.6 Å². The van der Waals surface area contributed by atoms with Gasteiger partial charge in [0, 0.05) is 19.1 Å². The smallest absolute Gasteiger partial charge is 0.123 e. The molecule has 1 heterocycles. The molecule has 0 spiro atoms. The van der Waals surface area contributed by atoms with E-state index in [1.807, 2.05) is 0 Å². The third-order valence-electron chi connectivity index (χ3n) is 3.74. The Morgan fingerprint density at radius 2 is 2.37 bits per heavy atom. The van der Waals surface area contributed by atoms with Crippen LogP contribution >= 0.6 is 0 Å². The van der Waals surface area contributed by atoms with Crippen LogP contribution in [0.4, 0.5) is 4.39 Å². The van der Waals surface area contributed by atoms with Crippen LogP contribution in [0.5, 0.6) is 0 Å². The van der Waals surface area contributed by atoms with E-state index in [-0.39, 0.29) is 5.82 Å². The normalized spacial score (nSPS) is 22.4. The molecule has 0 bridgehead atoms. The minimum Gasteiger partial charge on any atom is -0.388 e. The number of aliphatic hydroxyl groups excluding tert-OH is 1. The van der Waals surface area contributed by atoms with Gasteiger partial charge in [-0.15, -0.1) is 0 Å². The molecule has 4 heteroatoms. The molecule has 1 aliphatic heterocycles. The lowest BCUT2D eigenvalue weighted by molar-refractivity contribution is -0.0143. The van der Waals surface area contributed by atoms with Gasteiger partial charge >= 0.3 is 0 Å². The molecule has 0 saturated carbocycles. The average molecular weight is 267 g/mol. The molecule has 106 valence electrons. The maximum absolute atomic E-state index is 13.1. The zero-order chi connectivity index (χ0) is 13.7. The van der Waals surface area contributed by atoms with Gasteiger partial charge in [-0.25, -0.2) is 4.39 Å². The summed E-state index contributed by atoms with van der Waals surface area (Å²) in [6.07, 6.45) is 1.08. The number of benzene rings is 1. The Hall–Kier alpha value is -0.970. The summed E-state index contributed by atoms with van der Waals surface area (Å²) in [5.74, 6) is -0.297. The molecule has 19 heavy (non-hydrogen) atoms. The highest BCUT2D eigenvalue weighted by molar-refractivity contribution is 5.18. The molecular weight excluding hydrogens is 245 g/mol. The highest BCUT2D eigenvalue weighted by Gasteiger charge is 2.22. The summed E-state index contributed by atoms with van der Waals surface area (Å²) in [6, 6.07) is 6.64. The van der Waals surface area contributed by atoms with Gasteiger partial charge in [-0.3, -0.25) is 4.90 Å². The first kappa shape index (κ1) is 14.4. The van der Waals surface area contributed by atoms with Crippen molar-refractivity contribution in [2.45, 2.75) is 31.9 Å². The molecule has 1 aromatic rings. The van der Waals surface area contributed by atoms with E-state index in [1.165, 1.54) is 12.1 Å². The van der Waals surface area contributed by atoms with Crippen LogP contribution in [0.25, 0.3) is 0 Å². The van der Waals surface area contributed by atoms with Gasteiger partial charge in [0.25, 0.3) is 0 Å². The van der Waals surface area contributed by atoms with E-state index in [9.17, 15) is 9.50 Å². The lowest BCUT2D eigenvalue weighted by Gasteiger charge is -2.35. The van der Waals surface area contributed by atoms with Crippen molar-refractivity contribution in [1.29, 1.82) is 0 Å². The highest BCUT2D eigenvalue weighted by Crippen LogP contribution is 2.19. The Balaban J connectivity index is 1.87. The summed E-state index contributed by atoms with van der Waals surface area (Å²) in [5.41, 5.74) is 0.654. The Bertz CT molecular complexity index is 399. The topological polar surface area (TPSA) is 32.7 Å². The molecule has 1 fully saturated rings. The predicted octanol–water partition coefficient (Wildman–Crippen LogP) is 2.36. The van der Waals surface area contributed by atoms with Crippen LogP contribution < -0.4 is 0 Å². The van der Waals surface area contributed by atoms with Crippen molar-refractivity contribution >= 4 is 0 Å². The number of morpholine rings is 1. The third kappa shape index (κ3) is 4.00. The molecule has 3 nitrogen and oxygen atoms in total. The fourth-order valence-electron chi connectivity index (χ4n) is 2.53. The monoisotopic (exact) mass is 267 g/mol. The van der Waals surface area contributed by atoms with Gasteiger partial charge in [0.1, 0.15) is 5.82 Å². The summed E-state index contributed by atoms with van der Waals surface area (Å²) in [7, 11) is 0. The van der Waals surface area contributed by atoms with E-state index in [0.717, 1.165) is 32.7 Å². The van der Waals surface area contributed by atoms with E-state index < -0.39 is 6.10 Å². The van der Waals surface area contributed by atoms with E-state index in [2.05, 4.69) is 11.8 Å². The predicted molar refractivity (Wildman–Crippen MR) is 72.4 cm³/mol. The zero-order valence-electron chi connectivity index (χ0n) is 11.4. The Kier molecular flexibility index (Phi) is 5.31. The van der Waals surface area contributed by atoms with Crippen molar-refractivity contribution < 1.29 is 14.2 Å². The van der Waals surface area contributed by atoms with Crippen LogP contribution in [0, 0.1) is 5.82 Å². The van der Waals surface area contributed by atoms with E-state index in [1.54, 1.807) is 12.1 Å². The minimum absolute atomic E-state index is 0.297. The van der Waals surface area contributed by atoms with Crippen LogP contribution in [0.3, 0.4) is 0 Å². The molecule has 1 aromatic carbocycles. The molecule has 0 aromatic heterocycles. The van der Waals surface area contributed by atoms with Gasteiger partial charge < -0.3 is 9.84 Å². The number of ether oxygens (including phenoxy) is 1. The number of aliphatic hydroxyl groups is 1. The second kappa shape index (κ2) is 6.98. The lowest BCUT2D eigenvalue weighted by atomic mass is 10.1. The second-order valence-corrected chi connectivity index (χ2v) is 5.03. The van der Waals surface area contributed by atoms with Crippen molar-refractivity contribution in [2.75, 3.05) is 26.3 Å². The van der Waals surface area contributed by atoms with Gasteiger partial charge in [0.15, 0.2) is 0 Å². The van der Waals surface area contributed by atoms with Crippen LogP contribution in [-0.2, 0) is 4.74 Å². The quantitative estimate of drug-likeness (QED) is 0.889. The van der Waals surface area contributed by atoms with Gasteiger partial charge in [0.05, 0.1) is 19.3 Å². The molecule has 0 radical (unpaired) electrons. The molecule has 1 N–H and O–H groups in total. The molecule has 2 atom stereocenters. The number of hydrogen-bond acceptors (Lipinski definition) is 3. The number of rotatable bonds is 5. The van der Waals surface area contributed by atoms with Gasteiger partial charge in [-0.1, -0.05) is 19.1 Å². The van der Waals surface area contributed by atoms with Gasteiger partial charge in [-0.2, -0.15) is 0 Å². The zero-order valence-corrected chi connectivity index (χ0v) is 11.4. The molecular formula is C15H22FNO2. The van der Waals surface area contributed by atoms with Crippen LogP contribution in [0.1, 0.15) is 31.4 Å². The van der Waals surface area contributed by atoms with E-state index in [0.29, 0.717) is 18.0 Å². The van der Waals surface area contributed by atoms with Crippen molar-refractivity contribution in [3.8, 4) is 0 Å². The Morgan fingerprint density at radius 1 is 1.53 bits per heavy atom. The lowest BCUT2D eigenvalue weighted by Crippen LogP contribution is -2.45. The summed E-state index contributed by atoms with van der Waals surface area (Å²) in [6.45, 7) is 5.41. The SMILES string of the molecule is CCC1COCCN1CCC(O)c1cccc(F)c1. The number of nitrogens with zero attached hydrogens (tertiary/aromatic N) is 1. The Morgan fingerprint density at radius 3 is 3.11 bits per heavy atom. The largest absolute Gasteiger partial charge is 0.388 e. The van der Waals surface area contributed by atoms with Crippen LogP contribution in [-0.4, -0.2) is 42.4 Å². The van der Waals surface area contributed by atoms with Crippen molar-refractivity contribution in [2.24, 2.45) is 0 Å². The first-order chi connectivity index (χ1) is 9.20. The number of halogens is 1. The molecule has 0 amide bonds. The summed E-state index contributed by atoms with van der Waals surface area (Å²) < 4.78 is 18.6. The van der Waals surface area contributed by atoms with Crippen LogP contribution in [0.2, 0.25) is 0 Å². The number of hydrogen-bond donors (Lipinski definition) is 1. The molecule has 2 rings (SSSR count). The maximum Gasteiger partial charge on any atom is 0.123 e. The summed E-state index contributed by atoms with van der Waals surface area (Å²) in [4.78, 5) is 2.35. The standard InChI is InChI=1S/C15H22FNO2/c1-2-14-11-19-9-8-17(14)7-6-15(18)12-4-3-5-13(16)10-12/h3-5,10,14-15,18H,2,6-9,11H2,1H3. The second-order valence-electron chi connectivity index (χ2n) is 5.03. The summed E-state index contributed by atoms with van der Waals surface area (Å²) >= 11 is 0.